The van der Waals surface area contributed by atoms with E-state index in [1.54, 1.807) is 19.5 Å². The van der Waals surface area contributed by atoms with Gasteiger partial charge in [-0.1, -0.05) is 0 Å². The molecule has 0 aliphatic carbocycles. The van der Waals surface area contributed by atoms with Gasteiger partial charge in [-0.15, -0.1) is 0 Å². The van der Waals surface area contributed by atoms with Crippen molar-refractivity contribution in [3.8, 4) is 5.75 Å². The molecule has 0 aliphatic heterocycles. The van der Waals surface area contributed by atoms with Crippen LogP contribution < -0.4 is 4.74 Å². The van der Waals surface area contributed by atoms with Gasteiger partial charge in [0.15, 0.2) is 12.5 Å². The van der Waals surface area contributed by atoms with E-state index in [-0.39, 0.29) is 6.79 Å². The van der Waals surface area contributed by atoms with Crippen molar-refractivity contribution in [3.63, 3.8) is 0 Å². The lowest BCUT2D eigenvalue weighted by Gasteiger charge is -2.00. The summed E-state index contributed by atoms with van der Waals surface area (Å²) in [5.41, 5.74) is 0. The van der Waals surface area contributed by atoms with Crippen molar-refractivity contribution in [1.82, 2.24) is 9.97 Å². The average Bonchev–Trinajstić information content (AvgIpc) is 2.03. The molecule has 1 rings (SSSR count). The summed E-state index contributed by atoms with van der Waals surface area (Å²) in [5, 5.41) is 0. The molecule has 0 atom stereocenters. The standard InChI is InChI=1S/C6H8N2O2/c1-9-5-10-6-2-7-4-8-3-6/h2-4H,5H2,1H3. The van der Waals surface area contributed by atoms with Gasteiger partial charge in [0.1, 0.15) is 6.33 Å². The molecule has 0 fully saturated rings. The van der Waals surface area contributed by atoms with Gasteiger partial charge in [-0.2, -0.15) is 0 Å². The van der Waals surface area contributed by atoms with E-state index in [1.807, 2.05) is 0 Å². The van der Waals surface area contributed by atoms with Gasteiger partial charge in [-0.25, -0.2) is 9.97 Å². The molecule has 0 spiro atoms. The van der Waals surface area contributed by atoms with Crippen LogP contribution in [0.25, 0.3) is 0 Å². The maximum atomic E-state index is 5.01. The van der Waals surface area contributed by atoms with Crippen molar-refractivity contribution in [2.75, 3.05) is 13.9 Å². The van der Waals surface area contributed by atoms with E-state index in [0.29, 0.717) is 5.75 Å². The van der Waals surface area contributed by atoms with Crippen molar-refractivity contribution < 1.29 is 9.47 Å². The normalized spacial score (nSPS) is 9.30. The third-order valence-electron chi connectivity index (χ3n) is 0.880. The van der Waals surface area contributed by atoms with Crippen LogP contribution >= 0.6 is 0 Å². The lowest BCUT2D eigenvalue weighted by atomic mass is 10.6. The first-order valence-corrected chi connectivity index (χ1v) is 2.80. The Morgan fingerprint density at radius 1 is 1.40 bits per heavy atom. The van der Waals surface area contributed by atoms with E-state index in [9.17, 15) is 0 Å². The molecule has 4 heteroatoms. The first kappa shape index (κ1) is 6.95. The molecule has 0 radical (unpaired) electrons. The highest BCUT2D eigenvalue weighted by atomic mass is 16.7. The minimum Gasteiger partial charge on any atom is -0.464 e. The monoisotopic (exact) mass is 140 g/mol. The minimum atomic E-state index is 0.230. The highest BCUT2D eigenvalue weighted by Crippen LogP contribution is 2.02. The van der Waals surface area contributed by atoms with E-state index in [0.717, 1.165) is 0 Å². The molecule has 0 bridgehead atoms. The molecule has 0 unspecified atom stereocenters. The fraction of sp³-hybridized carbons (Fsp3) is 0.333. The molecule has 0 saturated carbocycles. The van der Waals surface area contributed by atoms with E-state index >= 15 is 0 Å². The number of hydrogen-bond donors (Lipinski definition) is 0. The Morgan fingerprint density at radius 3 is 2.70 bits per heavy atom. The maximum Gasteiger partial charge on any atom is 0.188 e. The summed E-state index contributed by atoms with van der Waals surface area (Å²) in [4.78, 5) is 7.49. The fourth-order valence-corrected chi connectivity index (χ4v) is 0.487. The van der Waals surface area contributed by atoms with E-state index in [4.69, 9.17) is 4.74 Å². The largest absolute Gasteiger partial charge is 0.464 e. The van der Waals surface area contributed by atoms with Crippen LogP contribution in [0.3, 0.4) is 0 Å². The molecule has 4 nitrogen and oxygen atoms in total. The van der Waals surface area contributed by atoms with Crippen LogP contribution in [0.15, 0.2) is 18.7 Å². The van der Waals surface area contributed by atoms with Crippen molar-refractivity contribution in [1.29, 1.82) is 0 Å². The van der Waals surface area contributed by atoms with Gasteiger partial charge in [-0.3, -0.25) is 0 Å². The van der Waals surface area contributed by atoms with Gasteiger partial charge in [0, 0.05) is 7.11 Å². The quantitative estimate of drug-likeness (QED) is 0.572. The molecule has 0 aliphatic rings. The minimum absolute atomic E-state index is 0.230. The second-order valence-electron chi connectivity index (χ2n) is 1.63. The first-order chi connectivity index (χ1) is 4.93. The highest BCUT2D eigenvalue weighted by molar-refractivity contribution is 5.09. The second-order valence-corrected chi connectivity index (χ2v) is 1.63. The molecule has 1 heterocycles. The van der Waals surface area contributed by atoms with Crippen molar-refractivity contribution in [2.24, 2.45) is 0 Å². The van der Waals surface area contributed by atoms with Gasteiger partial charge in [0.25, 0.3) is 0 Å². The zero-order valence-electron chi connectivity index (χ0n) is 5.65. The predicted octanol–water partition coefficient (Wildman–Crippen LogP) is 0.459. The molecule has 1 aromatic rings. The second kappa shape index (κ2) is 3.79. The summed E-state index contributed by atoms with van der Waals surface area (Å²) in [5.74, 6) is 0.615. The Morgan fingerprint density at radius 2 is 2.10 bits per heavy atom. The zero-order chi connectivity index (χ0) is 7.23. The van der Waals surface area contributed by atoms with E-state index in [1.165, 1.54) is 6.33 Å². The highest BCUT2D eigenvalue weighted by Gasteiger charge is 1.88. The fourth-order valence-electron chi connectivity index (χ4n) is 0.487. The van der Waals surface area contributed by atoms with Gasteiger partial charge < -0.3 is 9.47 Å². The molecular weight excluding hydrogens is 132 g/mol. The van der Waals surface area contributed by atoms with E-state index < -0.39 is 0 Å². The van der Waals surface area contributed by atoms with Gasteiger partial charge in [0.2, 0.25) is 0 Å². The van der Waals surface area contributed by atoms with Gasteiger partial charge in [-0.05, 0) is 0 Å². The van der Waals surface area contributed by atoms with Crippen molar-refractivity contribution in [3.05, 3.63) is 18.7 Å². The Hall–Kier alpha value is -1.16. The Kier molecular flexibility index (Phi) is 2.63. The third-order valence-corrected chi connectivity index (χ3v) is 0.880. The van der Waals surface area contributed by atoms with Crippen molar-refractivity contribution >= 4 is 0 Å². The molecule has 0 N–H and O–H groups in total. The van der Waals surface area contributed by atoms with Crippen molar-refractivity contribution in [2.45, 2.75) is 0 Å². The SMILES string of the molecule is COCOc1cncnc1. The van der Waals surface area contributed by atoms with E-state index in [2.05, 4.69) is 14.7 Å². The number of nitrogens with zero attached hydrogens (tertiary/aromatic N) is 2. The summed E-state index contributed by atoms with van der Waals surface area (Å²) in [6.45, 7) is 0.230. The Balaban J connectivity index is 2.43. The molecule has 0 aromatic carbocycles. The summed E-state index contributed by atoms with van der Waals surface area (Å²) in [7, 11) is 1.56. The lowest BCUT2D eigenvalue weighted by molar-refractivity contribution is 0.0506. The molecule has 0 saturated heterocycles. The molecule has 1 aromatic heterocycles. The molecule has 54 valence electrons. The van der Waals surface area contributed by atoms with Gasteiger partial charge >= 0.3 is 0 Å². The topological polar surface area (TPSA) is 44.2 Å². The number of methoxy groups -OCH3 is 1. The third kappa shape index (κ3) is 1.99. The number of rotatable bonds is 3. The molecule has 0 amide bonds. The smallest absolute Gasteiger partial charge is 0.188 e. The summed E-state index contributed by atoms with van der Waals surface area (Å²) < 4.78 is 9.68. The average molecular weight is 140 g/mol. The molecule has 10 heavy (non-hydrogen) atoms. The van der Waals surface area contributed by atoms with Crippen LogP contribution in [-0.4, -0.2) is 23.9 Å². The van der Waals surface area contributed by atoms with Crippen LogP contribution in [0.1, 0.15) is 0 Å². The maximum absolute atomic E-state index is 5.01. The zero-order valence-corrected chi connectivity index (χ0v) is 5.65. The summed E-state index contributed by atoms with van der Waals surface area (Å²) in [6, 6.07) is 0. The lowest BCUT2D eigenvalue weighted by Crippen LogP contribution is -1.98. The number of hydrogen-bond acceptors (Lipinski definition) is 4. The van der Waals surface area contributed by atoms with Crippen LogP contribution in [0.5, 0.6) is 5.75 Å². The van der Waals surface area contributed by atoms with Gasteiger partial charge in [0.05, 0.1) is 12.4 Å². The Bertz CT molecular complexity index is 178. The van der Waals surface area contributed by atoms with Crippen LogP contribution in [0, 0.1) is 0 Å². The van der Waals surface area contributed by atoms with Crippen LogP contribution in [0.2, 0.25) is 0 Å². The number of ether oxygens (including phenoxy) is 2. The summed E-state index contributed by atoms with van der Waals surface area (Å²) >= 11 is 0. The Labute approximate surface area is 58.8 Å². The number of aromatic nitrogens is 2. The summed E-state index contributed by atoms with van der Waals surface area (Å²) in [6.07, 6.45) is 4.59. The van der Waals surface area contributed by atoms with Crippen LogP contribution in [0.4, 0.5) is 0 Å². The first-order valence-electron chi connectivity index (χ1n) is 2.80. The predicted molar refractivity (Wildman–Crippen MR) is 34.5 cm³/mol. The van der Waals surface area contributed by atoms with Crippen LogP contribution in [-0.2, 0) is 4.74 Å². The molecular formula is C6H8N2O2.